The number of hydrogen-bond donors (Lipinski definition) is 3. The Morgan fingerprint density at radius 2 is 2.09 bits per heavy atom. The summed E-state index contributed by atoms with van der Waals surface area (Å²) in [7, 11) is 0. The van der Waals surface area contributed by atoms with E-state index in [1.165, 1.54) is 12.4 Å². The Balaban J connectivity index is 3.03. The first-order valence-corrected chi connectivity index (χ1v) is 2.83. The molecule has 1 rings (SSSR count). The molecule has 0 unspecified atom stereocenters. The fraction of sp³-hybridized carbons (Fsp3) is 0. The predicted molar refractivity (Wildman–Crippen MR) is 38.1 cm³/mol. The van der Waals surface area contributed by atoms with E-state index in [-0.39, 0.29) is 11.5 Å². The molecule has 0 fully saturated rings. The van der Waals surface area contributed by atoms with Gasteiger partial charge in [0.05, 0.1) is 0 Å². The fourth-order valence-corrected chi connectivity index (χ4v) is 0.592. The summed E-state index contributed by atoms with van der Waals surface area (Å²) in [5.74, 6) is 4.37. The number of anilines is 1. The maximum atomic E-state index is 10.8. The third-order valence-electron chi connectivity index (χ3n) is 1.07. The summed E-state index contributed by atoms with van der Waals surface area (Å²) in [4.78, 5) is 18.1. The number of hydrogen-bond acceptors (Lipinski definition) is 5. The van der Waals surface area contributed by atoms with Crippen LogP contribution in [0.4, 0.5) is 5.82 Å². The maximum Gasteiger partial charge on any atom is 0.287 e. The highest BCUT2D eigenvalue weighted by Crippen LogP contribution is 2.00. The molecule has 6 nitrogen and oxygen atoms in total. The molecule has 1 aromatic heterocycles. The van der Waals surface area contributed by atoms with Crippen molar-refractivity contribution in [2.45, 2.75) is 0 Å². The van der Waals surface area contributed by atoms with E-state index in [1.54, 1.807) is 0 Å². The number of carbonyl (C=O) groups excluding carboxylic acids is 1. The number of nitrogens with zero attached hydrogens (tertiary/aromatic N) is 2. The van der Waals surface area contributed by atoms with Gasteiger partial charge in [-0.25, -0.2) is 15.8 Å². The lowest BCUT2D eigenvalue weighted by molar-refractivity contribution is 0.0949. The normalized spacial score (nSPS) is 9.18. The van der Waals surface area contributed by atoms with Gasteiger partial charge in [-0.1, -0.05) is 0 Å². The van der Waals surface area contributed by atoms with E-state index in [1.807, 2.05) is 5.43 Å². The van der Waals surface area contributed by atoms with Gasteiger partial charge in [0, 0.05) is 12.4 Å². The molecule has 0 aliphatic rings. The first kappa shape index (κ1) is 7.42. The summed E-state index contributed by atoms with van der Waals surface area (Å²) < 4.78 is 0. The molecular weight excluding hydrogens is 146 g/mol. The molecule has 1 amide bonds. The average molecular weight is 153 g/mol. The lowest BCUT2D eigenvalue weighted by Crippen LogP contribution is -2.31. The Morgan fingerprint density at radius 3 is 2.64 bits per heavy atom. The Hall–Kier alpha value is -1.69. The van der Waals surface area contributed by atoms with Crippen LogP contribution in [0, 0.1) is 0 Å². The first-order chi connectivity index (χ1) is 5.25. The number of rotatable bonds is 1. The summed E-state index contributed by atoms with van der Waals surface area (Å²) in [5.41, 5.74) is 7.24. The van der Waals surface area contributed by atoms with Gasteiger partial charge < -0.3 is 5.73 Å². The SMILES string of the molecule is NNC(=O)c1nccnc1N. The Morgan fingerprint density at radius 1 is 1.45 bits per heavy atom. The minimum atomic E-state index is -0.546. The number of nitrogens with one attached hydrogen (secondary N) is 1. The van der Waals surface area contributed by atoms with Crippen LogP contribution in [0.1, 0.15) is 10.5 Å². The summed E-state index contributed by atoms with van der Waals surface area (Å²) >= 11 is 0. The monoisotopic (exact) mass is 153 g/mol. The van der Waals surface area contributed by atoms with Crippen molar-refractivity contribution in [3.8, 4) is 0 Å². The zero-order valence-electron chi connectivity index (χ0n) is 5.61. The predicted octanol–water partition coefficient (Wildman–Crippen LogP) is -1.34. The molecule has 0 aromatic carbocycles. The maximum absolute atomic E-state index is 10.8. The third-order valence-corrected chi connectivity index (χ3v) is 1.07. The molecule has 0 radical (unpaired) electrons. The van der Waals surface area contributed by atoms with Gasteiger partial charge in [0.25, 0.3) is 5.91 Å². The topological polar surface area (TPSA) is 107 Å². The van der Waals surface area contributed by atoms with E-state index in [2.05, 4.69) is 9.97 Å². The van der Waals surface area contributed by atoms with E-state index in [4.69, 9.17) is 11.6 Å². The number of aromatic nitrogens is 2. The van der Waals surface area contributed by atoms with Crippen molar-refractivity contribution in [3.05, 3.63) is 18.1 Å². The van der Waals surface area contributed by atoms with Crippen molar-refractivity contribution in [1.29, 1.82) is 0 Å². The van der Waals surface area contributed by atoms with Crippen LogP contribution in [0.15, 0.2) is 12.4 Å². The number of carbonyl (C=O) groups is 1. The summed E-state index contributed by atoms with van der Waals surface area (Å²) in [6, 6.07) is 0. The van der Waals surface area contributed by atoms with Gasteiger partial charge >= 0.3 is 0 Å². The van der Waals surface area contributed by atoms with Crippen molar-refractivity contribution in [1.82, 2.24) is 15.4 Å². The quantitative estimate of drug-likeness (QED) is 0.263. The highest BCUT2D eigenvalue weighted by Gasteiger charge is 2.08. The van der Waals surface area contributed by atoms with E-state index < -0.39 is 5.91 Å². The smallest absolute Gasteiger partial charge is 0.287 e. The van der Waals surface area contributed by atoms with Crippen LogP contribution in [0.25, 0.3) is 0 Å². The van der Waals surface area contributed by atoms with Gasteiger partial charge in [-0.15, -0.1) is 0 Å². The van der Waals surface area contributed by atoms with Crippen LogP contribution < -0.4 is 17.0 Å². The second-order valence-electron chi connectivity index (χ2n) is 1.76. The second kappa shape index (κ2) is 2.93. The lowest BCUT2D eigenvalue weighted by atomic mass is 10.4. The van der Waals surface area contributed by atoms with Crippen molar-refractivity contribution in [3.63, 3.8) is 0 Å². The number of hydrazine groups is 1. The molecule has 1 heterocycles. The fourth-order valence-electron chi connectivity index (χ4n) is 0.592. The van der Waals surface area contributed by atoms with Crippen molar-refractivity contribution in [2.75, 3.05) is 5.73 Å². The third kappa shape index (κ3) is 1.41. The van der Waals surface area contributed by atoms with Crippen molar-refractivity contribution >= 4 is 11.7 Å². The molecule has 5 N–H and O–H groups in total. The molecule has 1 aromatic rings. The van der Waals surface area contributed by atoms with Crippen LogP contribution in [-0.2, 0) is 0 Å². The molecule has 0 saturated carbocycles. The number of amides is 1. The standard InChI is InChI=1S/C5H7N5O/c6-4-3(5(11)10-7)8-1-2-9-4/h1-2H,7H2,(H2,6,9)(H,10,11). The van der Waals surface area contributed by atoms with Crippen LogP contribution in [0.3, 0.4) is 0 Å². The molecule has 0 spiro atoms. The van der Waals surface area contributed by atoms with Gasteiger partial charge in [0.1, 0.15) is 0 Å². The molecule has 0 aliphatic heterocycles. The van der Waals surface area contributed by atoms with Crippen LogP contribution in [-0.4, -0.2) is 15.9 Å². The molecular formula is C5H7N5O. The number of nitrogen functional groups attached to an aromatic ring is 2. The van der Waals surface area contributed by atoms with Crippen LogP contribution in [0.5, 0.6) is 0 Å². The number of nitrogens with two attached hydrogens (primary N) is 2. The Bertz CT molecular complexity index is 273. The lowest BCUT2D eigenvalue weighted by Gasteiger charge is -1.99. The zero-order valence-corrected chi connectivity index (χ0v) is 5.61. The highest BCUT2D eigenvalue weighted by molar-refractivity contribution is 5.95. The molecule has 58 valence electrons. The minimum Gasteiger partial charge on any atom is -0.382 e. The molecule has 0 aliphatic carbocycles. The van der Waals surface area contributed by atoms with E-state index in [0.717, 1.165) is 0 Å². The summed E-state index contributed by atoms with van der Waals surface area (Å²) in [5, 5.41) is 0. The van der Waals surface area contributed by atoms with E-state index >= 15 is 0 Å². The van der Waals surface area contributed by atoms with Crippen LogP contribution >= 0.6 is 0 Å². The molecule has 0 bridgehead atoms. The summed E-state index contributed by atoms with van der Waals surface area (Å²) in [6.45, 7) is 0. The first-order valence-electron chi connectivity index (χ1n) is 2.83. The Kier molecular flexibility index (Phi) is 1.98. The second-order valence-corrected chi connectivity index (χ2v) is 1.76. The molecule has 6 heteroatoms. The highest BCUT2D eigenvalue weighted by atomic mass is 16.2. The van der Waals surface area contributed by atoms with Gasteiger partial charge in [0.2, 0.25) is 0 Å². The van der Waals surface area contributed by atoms with Crippen LogP contribution in [0.2, 0.25) is 0 Å². The zero-order chi connectivity index (χ0) is 8.27. The largest absolute Gasteiger partial charge is 0.382 e. The van der Waals surface area contributed by atoms with E-state index in [9.17, 15) is 4.79 Å². The Labute approximate surface area is 62.6 Å². The van der Waals surface area contributed by atoms with Crippen molar-refractivity contribution in [2.24, 2.45) is 5.84 Å². The van der Waals surface area contributed by atoms with Crippen molar-refractivity contribution < 1.29 is 4.79 Å². The summed E-state index contributed by atoms with van der Waals surface area (Å²) in [6.07, 6.45) is 2.75. The average Bonchev–Trinajstić information content (AvgIpc) is 2.04. The van der Waals surface area contributed by atoms with Gasteiger partial charge in [-0.3, -0.25) is 10.2 Å². The van der Waals surface area contributed by atoms with Gasteiger partial charge in [-0.05, 0) is 0 Å². The molecule has 11 heavy (non-hydrogen) atoms. The minimum absolute atomic E-state index is 0.0370. The molecule has 0 saturated heterocycles. The van der Waals surface area contributed by atoms with Gasteiger partial charge in [-0.2, -0.15) is 0 Å². The molecule has 0 atom stereocenters. The van der Waals surface area contributed by atoms with E-state index in [0.29, 0.717) is 0 Å². The van der Waals surface area contributed by atoms with Gasteiger partial charge in [0.15, 0.2) is 11.5 Å².